The molecule has 11 heteroatoms. The lowest BCUT2D eigenvalue weighted by molar-refractivity contribution is -0.120. The van der Waals surface area contributed by atoms with Crippen molar-refractivity contribution in [1.82, 2.24) is 9.71 Å². The van der Waals surface area contributed by atoms with Gasteiger partial charge in [-0.3, -0.25) is 9.59 Å². The van der Waals surface area contributed by atoms with Gasteiger partial charge in [0.1, 0.15) is 5.82 Å². The fourth-order valence-electron chi connectivity index (χ4n) is 3.40. The lowest BCUT2D eigenvalue weighted by atomic mass is 10.0. The van der Waals surface area contributed by atoms with Crippen molar-refractivity contribution in [2.45, 2.75) is 10.6 Å². The standard InChI is InChI=1S/C20H12F3N5O2S/c21-12-7-10(8-13(22)16(12)23)25-18(29)9-3-4-14-15(6-9)31-28-20(27-14)11-2-1-5-24-17(11)26-19(20)30/h1-8,27-28H,(H,25,29)(H,24,26,30). The number of fused-ring (bicyclic) bond motifs is 3. The number of hydrogen-bond donors (Lipinski definition) is 4. The van der Waals surface area contributed by atoms with Gasteiger partial charge in [0.15, 0.2) is 17.5 Å². The third kappa shape index (κ3) is 3.09. The second kappa shape index (κ2) is 7.00. The number of hydrogen-bond acceptors (Lipinski definition) is 6. The molecule has 3 aromatic rings. The van der Waals surface area contributed by atoms with Crippen LogP contribution in [0.5, 0.6) is 0 Å². The molecular weight excluding hydrogens is 431 g/mol. The van der Waals surface area contributed by atoms with Crippen molar-refractivity contribution in [2.75, 3.05) is 16.0 Å². The molecule has 156 valence electrons. The molecule has 2 aliphatic heterocycles. The van der Waals surface area contributed by atoms with Gasteiger partial charge in [-0.05, 0) is 42.3 Å². The number of rotatable bonds is 2. The Kier molecular flexibility index (Phi) is 4.38. The van der Waals surface area contributed by atoms with E-state index in [2.05, 4.69) is 25.7 Å². The smallest absolute Gasteiger partial charge is 0.272 e. The van der Waals surface area contributed by atoms with Crippen molar-refractivity contribution >= 4 is 41.0 Å². The minimum atomic E-state index is -1.61. The van der Waals surface area contributed by atoms with E-state index in [4.69, 9.17) is 0 Å². The van der Waals surface area contributed by atoms with E-state index in [0.29, 0.717) is 34.1 Å². The van der Waals surface area contributed by atoms with Gasteiger partial charge in [-0.15, -0.1) is 0 Å². The van der Waals surface area contributed by atoms with E-state index >= 15 is 0 Å². The summed E-state index contributed by atoms with van der Waals surface area (Å²) >= 11 is 1.15. The number of aromatic nitrogens is 1. The number of halogens is 3. The van der Waals surface area contributed by atoms with Gasteiger partial charge in [0.2, 0.25) is 5.66 Å². The molecule has 5 rings (SSSR count). The second-order valence-corrected chi connectivity index (χ2v) is 7.70. The maximum absolute atomic E-state index is 13.4. The van der Waals surface area contributed by atoms with Gasteiger partial charge in [0.05, 0.1) is 5.69 Å². The van der Waals surface area contributed by atoms with E-state index < -0.39 is 29.0 Å². The van der Waals surface area contributed by atoms with Crippen LogP contribution in [0.3, 0.4) is 0 Å². The van der Waals surface area contributed by atoms with Crippen LogP contribution in [0.4, 0.5) is 30.4 Å². The quantitative estimate of drug-likeness (QED) is 0.357. The average molecular weight is 443 g/mol. The van der Waals surface area contributed by atoms with Crippen LogP contribution in [0.15, 0.2) is 53.6 Å². The van der Waals surface area contributed by atoms with Gasteiger partial charge in [-0.1, -0.05) is 0 Å². The lowest BCUT2D eigenvalue weighted by Gasteiger charge is -2.35. The molecule has 1 unspecified atom stereocenters. The van der Waals surface area contributed by atoms with Crippen molar-refractivity contribution in [3.63, 3.8) is 0 Å². The fraction of sp³-hybridized carbons (Fsp3) is 0.0500. The van der Waals surface area contributed by atoms with E-state index in [1.54, 1.807) is 30.5 Å². The summed E-state index contributed by atoms with van der Waals surface area (Å²) in [6.45, 7) is 0. The summed E-state index contributed by atoms with van der Waals surface area (Å²) in [5.74, 6) is -4.92. The molecule has 1 aromatic heterocycles. The molecule has 0 saturated heterocycles. The number of anilines is 3. The molecule has 7 nitrogen and oxygen atoms in total. The Morgan fingerprint density at radius 3 is 2.65 bits per heavy atom. The van der Waals surface area contributed by atoms with Gasteiger partial charge >= 0.3 is 0 Å². The minimum absolute atomic E-state index is 0.203. The highest BCUT2D eigenvalue weighted by atomic mass is 32.2. The molecule has 31 heavy (non-hydrogen) atoms. The average Bonchev–Trinajstić information content (AvgIpc) is 3.02. The molecule has 4 N–H and O–H groups in total. The molecule has 0 saturated carbocycles. The third-order valence-corrected chi connectivity index (χ3v) is 5.87. The molecule has 1 spiro atoms. The summed E-state index contributed by atoms with van der Waals surface area (Å²) in [4.78, 5) is 29.9. The SMILES string of the molecule is O=C(Nc1cc(F)c(F)c(F)c1)c1ccc2c(c1)SNC1(N2)C(=O)Nc2ncccc21. The highest BCUT2D eigenvalue weighted by molar-refractivity contribution is 7.97. The van der Waals surface area contributed by atoms with Crippen LogP contribution < -0.4 is 20.7 Å². The van der Waals surface area contributed by atoms with Gasteiger partial charge in [-0.2, -0.15) is 0 Å². The van der Waals surface area contributed by atoms with Crippen LogP contribution in [0.1, 0.15) is 15.9 Å². The first-order valence-electron chi connectivity index (χ1n) is 8.96. The Balaban J connectivity index is 1.41. The van der Waals surface area contributed by atoms with E-state index in [-0.39, 0.29) is 17.2 Å². The second-order valence-electron chi connectivity index (χ2n) is 6.85. The Morgan fingerprint density at radius 2 is 1.87 bits per heavy atom. The van der Waals surface area contributed by atoms with Crippen molar-refractivity contribution < 1.29 is 22.8 Å². The molecule has 0 fully saturated rings. The van der Waals surface area contributed by atoms with Gasteiger partial charge in [0.25, 0.3) is 11.8 Å². The summed E-state index contributed by atoms with van der Waals surface area (Å²) in [7, 11) is 0. The topological polar surface area (TPSA) is 95.2 Å². The highest BCUT2D eigenvalue weighted by Gasteiger charge is 2.50. The molecule has 2 aromatic carbocycles. The molecule has 2 aliphatic rings. The maximum atomic E-state index is 13.4. The van der Waals surface area contributed by atoms with E-state index in [9.17, 15) is 22.8 Å². The van der Waals surface area contributed by atoms with E-state index in [0.717, 1.165) is 11.9 Å². The molecule has 2 amide bonds. The highest BCUT2D eigenvalue weighted by Crippen LogP contribution is 2.43. The van der Waals surface area contributed by atoms with Gasteiger partial charge in [0, 0.05) is 40.0 Å². The Bertz CT molecular complexity index is 1250. The number of benzene rings is 2. The first-order valence-corrected chi connectivity index (χ1v) is 9.78. The molecular formula is C20H12F3N5O2S. The number of nitrogens with zero attached hydrogens (tertiary/aromatic N) is 1. The largest absolute Gasteiger partial charge is 0.354 e. The third-order valence-electron chi connectivity index (χ3n) is 4.91. The molecule has 0 radical (unpaired) electrons. The normalized spacial score (nSPS) is 18.7. The number of carbonyl (C=O) groups excluding carboxylic acids is 2. The van der Waals surface area contributed by atoms with Crippen LogP contribution >= 0.6 is 11.9 Å². The number of amides is 2. The maximum Gasteiger partial charge on any atom is 0.272 e. The zero-order chi connectivity index (χ0) is 21.8. The first-order chi connectivity index (χ1) is 14.9. The number of pyridine rings is 1. The molecule has 0 aliphatic carbocycles. The Morgan fingerprint density at radius 1 is 1.10 bits per heavy atom. The predicted molar refractivity (Wildman–Crippen MR) is 108 cm³/mol. The Labute approximate surface area is 177 Å². The van der Waals surface area contributed by atoms with Crippen LogP contribution in [0, 0.1) is 17.5 Å². The summed E-state index contributed by atoms with van der Waals surface area (Å²) < 4.78 is 42.9. The summed E-state index contributed by atoms with van der Waals surface area (Å²) in [5, 5.41) is 8.21. The predicted octanol–water partition coefficient (Wildman–Crippen LogP) is 3.58. The van der Waals surface area contributed by atoms with E-state index in [1.807, 2.05) is 0 Å². The zero-order valence-electron chi connectivity index (χ0n) is 15.4. The molecule has 0 bridgehead atoms. The number of nitrogens with one attached hydrogen (secondary N) is 4. The minimum Gasteiger partial charge on any atom is -0.354 e. The summed E-state index contributed by atoms with van der Waals surface area (Å²) in [6, 6.07) is 9.55. The molecule has 1 atom stereocenters. The van der Waals surface area contributed by atoms with Crippen molar-refractivity contribution in [3.8, 4) is 0 Å². The monoisotopic (exact) mass is 443 g/mol. The molecule has 3 heterocycles. The van der Waals surface area contributed by atoms with E-state index in [1.165, 1.54) is 6.07 Å². The van der Waals surface area contributed by atoms with Crippen molar-refractivity contribution in [2.24, 2.45) is 0 Å². The van der Waals surface area contributed by atoms with Crippen LogP contribution in [0.2, 0.25) is 0 Å². The van der Waals surface area contributed by atoms with Gasteiger partial charge < -0.3 is 16.0 Å². The van der Waals surface area contributed by atoms with Crippen LogP contribution in [-0.2, 0) is 10.5 Å². The van der Waals surface area contributed by atoms with Crippen LogP contribution in [-0.4, -0.2) is 16.8 Å². The summed E-state index contributed by atoms with van der Waals surface area (Å²) in [6.07, 6.45) is 1.58. The van der Waals surface area contributed by atoms with Crippen LogP contribution in [0.25, 0.3) is 0 Å². The van der Waals surface area contributed by atoms with Crippen molar-refractivity contribution in [1.29, 1.82) is 0 Å². The Hall–Kier alpha value is -3.57. The fourth-order valence-corrected chi connectivity index (χ4v) is 4.33. The summed E-state index contributed by atoms with van der Waals surface area (Å²) in [5.41, 5.74) is 0.0164. The lowest BCUT2D eigenvalue weighted by Crippen LogP contribution is -2.53. The first kappa shape index (κ1) is 19.4. The van der Waals surface area contributed by atoms with Gasteiger partial charge in [-0.25, -0.2) is 22.9 Å². The zero-order valence-corrected chi connectivity index (χ0v) is 16.2. The van der Waals surface area contributed by atoms with Crippen molar-refractivity contribution in [3.05, 3.63) is 77.2 Å². The number of carbonyl (C=O) groups is 2.